The molecule has 0 saturated heterocycles. The van der Waals surface area contributed by atoms with Crippen LogP contribution in [-0.2, 0) is 9.47 Å². The first-order valence-corrected chi connectivity index (χ1v) is 6.77. The second-order valence-corrected chi connectivity index (χ2v) is 4.58. The molecule has 0 amide bonds. The molecule has 1 aromatic rings. The standard InChI is InChI=1S/C13H20BrNO2/c1-2-7-16-9-10-17-8-6-15-13-5-3-4-12(14)11-13/h3-5,11,15H,2,6-10H2,1H3. The van der Waals surface area contributed by atoms with Gasteiger partial charge in [0.25, 0.3) is 0 Å². The molecule has 0 aromatic heterocycles. The summed E-state index contributed by atoms with van der Waals surface area (Å²) in [6.07, 6.45) is 1.06. The highest BCUT2D eigenvalue weighted by Gasteiger charge is 1.93. The molecule has 0 aliphatic rings. The van der Waals surface area contributed by atoms with Crippen LogP contribution in [0.5, 0.6) is 0 Å². The van der Waals surface area contributed by atoms with Gasteiger partial charge in [0, 0.05) is 23.3 Å². The Bertz CT molecular complexity index is 307. The van der Waals surface area contributed by atoms with Crippen molar-refractivity contribution in [2.24, 2.45) is 0 Å². The Morgan fingerprint density at radius 3 is 2.59 bits per heavy atom. The molecule has 1 aromatic carbocycles. The van der Waals surface area contributed by atoms with Crippen molar-refractivity contribution < 1.29 is 9.47 Å². The molecule has 0 fully saturated rings. The average Bonchev–Trinajstić information content (AvgIpc) is 2.33. The first-order valence-electron chi connectivity index (χ1n) is 5.98. The number of nitrogens with one attached hydrogen (secondary N) is 1. The second-order valence-electron chi connectivity index (χ2n) is 3.66. The van der Waals surface area contributed by atoms with Crippen LogP contribution in [0.15, 0.2) is 28.7 Å². The molecule has 0 spiro atoms. The number of rotatable bonds is 9. The molecule has 1 rings (SSSR count). The van der Waals surface area contributed by atoms with E-state index in [-0.39, 0.29) is 0 Å². The molecule has 0 atom stereocenters. The molecule has 0 bridgehead atoms. The van der Waals surface area contributed by atoms with Gasteiger partial charge in [0.15, 0.2) is 0 Å². The zero-order valence-corrected chi connectivity index (χ0v) is 11.8. The van der Waals surface area contributed by atoms with E-state index in [4.69, 9.17) is 9.47 Å². The largest absolute Gasteiger partial charge is 0.383 e. The number of anilines is 1. The van der Waals surface area contributed by atoms with E-state index >= 15 is 0 Å². The quantitative estimate of drug-likeness (QED) is 0.710. The van der Waals surface area contributed by atoms with Crippen molar-refractivity contribution in [1.29, 1.82) is 0 Å². The number of halogens is 1. The lowest BCUT2D eigenvalue weighted by molar-refractivity contribution is 0.0519. The predicted octanol–water partition coefficient (Wildman–Crippen LogP) is 3.30. The van der Waals surface area contributed by atoms with Crippen LogP contribution < -0.4 is 5.32 Å². The van der Waals surface area contributed by atoms with Crippen molar-refractivity contribution >= 4 is 21.6 Å². The maximum Gasteiger partial charge on any atom is 0.0701 e. The summed E-state index contributed by atoms with van der Waals surface area (Å²) in [5, 5.41) is 3.29. The van der Waals surface area contributed by atoms with Gasteiger partial charge in [0.05, 0.1) is 19.8 Å². The van der Waals surface area contributed by atoms with Gasteiger partial charge in [-0.05, 0) is 24.6 Å². The van der Waals surface area contributed by atoms with Gasteiger partial charge in [0.1, 0.15) is 0 Å². The van der Waals surface area contributed by atoms with Crippen molar-refractivity contribution in [3.8, 4) is 0 Å². The lowest BCUT2D eigenvalue weighted by Gasteiger charge is -2.08. The van der Waals surface area contributed by atoms with Crippen molar-refractivity contribution in [2.45, 2.75) is 13.3 Å². The van der Waals surface area contributed by atoms with Gasteiger partial charge in [-0.25, -0.2) is 0 Å². The maximum atomic E-state index is 5.43. The van der Waals surface area contributed by atoms with Crippen LogP contribution >= 0.6 is 15.9 Å². The van der Waals surface area contributed by atoms with E-state index in [0.29, 0.717) is 19.8 Å². The highest BCUT2D eigenvalue weighted by molar-refractivity contribution is 9.10. The van der Waals surface area contributed by atoms with Crippen LogP contribution in [0.1, 0.15) is 13.3 Å². The summed E-state index contributed by atoms with van der Waals surface area (Å²) in [5.41, 5.74) is 1.10. The summed E-state index contributed by atoms with van der Waals surface area (Å²) in [5.74, 6) is 0. The molecule has 0 heterocycles. The van der Waals surface area contributed by atoms with Crippen molar-refractivity contribution in [3.05, 3.63) is 28.7 Å². The van der Waals surface area contributed by atoms with E-state index < -0.39 is 0 Å². The summed E-state index contributed by atoms with van der Waals surface area (Å²) in [6, 6.07) is 8.10. The average molecular weight is 302 g/mol. The van der Waals surface area contributed by atoms with E-state index in [2.05, 4.69) is 28.2 Å². The number of hydrogen-bond donors (Lipinski definition) is 1. The van der Waals surface area contributed by atoms with Crippen molar-refractivity contribution in [1.82, 2.24) is 0 Å². The number of ether oxygens (including phenoxy) is 2. The predicted molar refractivity (Wildman–Crippen MR) is 74.6 cm³/mol. The molecule has 3 nitrogen and oxygen atoms in total. The van der Waals surface area contributed by atoms with Gasteiger partial charge in [-0.1, -0.05) is 28.9 Å². The van der Waals surface area contributed by atoms with Gasteiger partial charge >= 0.3 is 0 Å². The zero-order chi connectivity index (χ0) is 12.3. The third-order valence-electron chi connectivity index (χ3n) is 2.12. The van der Waals surface area contributed by atoms with Crippen LogP contribution in [0.25, 0.3) is 0 Å². The first-order chi connectivity index (χ1) is 8.33. The number of hydrogen-bond acceptors (Lipinski definition) is 3. The summed E-state index contributed by atoms with van der Waals surface area (Å²) in [4.78, 5) is 0. The Morgan fingerprint density at radius 2 is 1.88 bits per heavy atom. The number of benzene rings is 1. The lowest BCUT2D eigenvalue weighted by Crippen LogP contribution is -2.12. The third kappa shape index (κ3) is 7.36. The van der Waals surface area contributed by atoms with E-state index in [1.807, 2.05) is 24.3 Å². The first kappa shape index (κ1) is 14.5. The lowest BCUT2D eigenvalue weighted by atomic mass is 10.3. The van der Waals surface area contributed by atoms with Crippen LogP contribution in [0.4, 0.5) is 5.69 Å². The van der Waals surface area contributed by atoms with Gasteiger partial charge in [0.2, 0.25) is 0 Å². The minimum atomic E-state index is 0.667. The van der Waals surface area contributed by atoms with E-state index in [1.54, 1.807) is 0 Å². The van der Waals surface area contributed by atoms with Gasteiger partial charge in [-0.2, -0.15) is 0 Å². The summed E-state index contributed by atoms with van der Waals surface area (Å²) in [7, 11) is 0. The van der Waals surface area contributed by atoms with Crippen LogP contribution in [0.2, 0.25) is 0 Å². The highest BCUT2D eigenvalue weighted by Crippen LogP contribution is 2.14. The Morgan fingerprint density at radius 1 is 1.12 bits per heavy atom. The van der Waals surface area contributed by atoms with Gasteiger partial charge in [-0.15, -0.1) is 0 Å². The molecule has 96 valence electrons. The summed E-state index contributed by atoms with van der Waals surface area (Å²) in [6.45, 7) is 5.78. The Labute approximate surface area is 112 Å². The Hall–Kier alpha value is -0.580. The van der Waals surface area contributed by atoms with Crippen molar-refractivity contribution in [2.75, 3.05) is 38.3 Å². The highest BCUT2D eigenvalue weighted by atomic mass is 79.9. The van der Waals surface area contributed by atoms with E-state index in [9.17, 15) is 0 Å². The van der Waals surface area contributed by atoms with Crippen LogP contribution in [0, 0.1) is 0 Å². The molecule has 0 radical (unpaired) electrons. The van der Waals surface area contributed by atoms with Crippen LogP contribution in [-0.4, -0.2) is 33.0 Å². The van der Waals surface area contributed by atoms with Crippen LogP contribution in [0.3, 0.4) is 0 Å². The fourth-order valence-corrected chi connectivity index (χ4v) is 1.73. The minimum Gasteiger partial charge on any atom is -0.383 e. The van der Waals surface area contributed by atoms with Gasteiger partial charge in [-0.3, -0.25) is 0 Å². The SMILES string of the molecule is CCCOCCOCCNc1cccc(Br)c1. The topological polar surface area (TPSA) is 30.5 Å². The molecular formula is C13H20BrNO2. The molecule has 0 unspecified atom stereocenters. The zero-order valence-electron chi connectivity index (χ0n) is 10.2. The molecule has 0 aliphatic heterocycles. The molecular weight excluding hydrogens is 282 g/mol. The minimum absolute atomic E-state index is 0.667. The summed E-state index contributed by atoms with van der Waals surface area (Å²) >= 11 is 3.43. The second kappa shape index (κ2) is 9.45. The molecule has 4 heteroatoms. The van der Waals surface area contributed by atoms with Gasteiger partial charge < -0.3 is 14.8 Å². The Kier molecular flexibility index (Phi) is 8.05. The molecule has 17 heavy (non-hydrogen) atoms. The van der Waals surface area contributed by atoms with E-state index in [1.165, 1.54) is 0 Å². The van der Waals surface area contributed by atoms with Crippen molar-refractivity contribution in [3.63, 3.8) is 0 Å². The maximum absolute atomic E-state index is 5.43. The Balaban J connectivity index is 1.97. The molecule has 0 aliphatic carbocycles. The fourth-order valence-electron chi connectivity index (χ4n) is 1.33. The van der Waals surface area contributed by atoms with E-state index in [0.717, 1.165) is 29.7 Å². The monoisotopic (exact) mass is 301 g/mol. The third-order valence-corrected chi connectivity index (χ3v) is 2.61. The smallest absolute Gasteiger partial charge is 0.0701 e. The molecule has 1 N–H and O–H groups in total. The summed E-state index contributed by atoms with van der Waals surface area (Å²) < 4.78 is 11.8. The molecule has 0 saturated carbocycles. The normalized spacial score (nSPS) is 10.5. The fraction of sp³-hybridized carbons (Fsp3) is 0.538.